The van der Waals surface area contributed by atoms with E-state index in [9.17, 15) is 0 Å². The molecule has 0 fully saturated rings. The Bertz CT molecular complexity index is 541. The molecule has 0 bridgehead atoms. The molecule has 2 aromatic rings. The van der Waals surface area contributed by atoms with Crippen molar-refractivity contribution in [3.8, 4) is 11.5 Å². The topological polar surface area (TPSA) is 77.6 Å². The quantitative estimate of drug-likeness (QED) is 0.920. The average molecular weight is 294 g/mol. The van der Waals surface area contributed by atoms with Gasteiger partial charge in [0.25, 0.3) is 0 Å². The molecule has 0 spiro atoms. The summed E-state index contributed by atoms with van der Waals surface area (Å²) in [6, 6.07) is 3.72. The van der Waals surface area contributed by atoms with E-state index in [1.807, 2.05) is 26.0 Å². The van der Waals surface area contributed by atoms with Gasteiger partial charge in [-0.2, -0.15) is 9.97 Å². The lowest BCUT2D eigenvalue weighted by Crippen LogP contribution is -2.07. The number of nitrogen functional groups attached to an aromatic ring is 1. The van der Waals surface area contributed by atoms with E-state index >= 15 is 0 Å². The highest BCUT2D eigenvalue weighted by Crippen LogP contribution is 2.23. The molecule has 5 nitrogen and oxygen atoms in total. The molecule has 0 aliphatic carbocycles. The van der Waals surface area contributed by atoms with Crippen LogP contribution in [0.2, 0.25) is 0 Å². The summed E-state index contributed by atoms with van der Waals surface area (Å²) in [6.45, 7) is 4.01. The predicted octanol–water partition coefficient (Wildman–Crippen LogP) is 2.40. The fourth-order valence-electron chi connectivity index (χ4n) is 1.32. The standard InChI is InChI=1S/C11H12BrN5/c1-6(2)9-15-10(17-11(13)16-9)8-7(12)4-3-5-14-8/h3-6H,1-2H3,(H2,13,15,16,17). The molecule has 0 aromatic carbocycles. The molecular formula is C11H12BrN5. The summed E-state index contributed by atoms with van der Waals surface area (Å²) < 4.78 is 0.834. The van der Waals surface area contributed by atoms with Gasteiger partial charge in [0.05, 0.1) is 0 Å². The highest BCUT2D eigenvalue weighted by atomic mass is 79.9. The molecule has 0 unspecified atom stereocenters. The van der Waals surface area contributed by atoms with Crippen LogP contribution in [0, 0.1) is 0 Å². The van der Waals surface area contributed by atoms with E-state index in [0.29, 0.717) is 17.3 Å². The molecule has 0 radical (unpaired) electrons. The molecule has 2 rings (SSSR count). The van der Waals surface area contributed by atoms with E-state index in [-0.39, 0.29) is 11.9 Å². The SMILES string of the molecule is CC(C)c1nc(N)nc(-c2ncccc2Br)n1. The van der Waals surface area contributed by atoms with Gasteiger partial charge in [-0.1, -0.05) is 13.8 Å². The van der Waals surface area contributed by atoms with Gasteiger partial charge < -0.3 is 5.73 Å². The molecule has 2 N–H and O–H groups in total. The van der Waals surface area contributed by atoms with Crippen molar-refractivity contribution in [2.24, 2.45) is 0 Å². The predicted molar refractivity (Wildman–Crippen MR) is 69.3 cm³/mol. The molecular weight excluding hydrogens is 282 g/mol. The summed E-state index contributed by atoms with van der Waals surface area (Å²) in [7, 11) is 0. The van der Waals surface area contributed by atoms with Crippen LogP contribution in [0.5, 0.6) is 0 Å². The smallest absolute Gasteiger partial charge is 0.223 e. The summed E-state index contributed by atoms with van der Waals surface area (Å²) in [6.07, 6.45) is 1.69. The van der Waals surface area contributed by atoms with E-state index in [2.05, 4.69) is 35.9 Å². The van der Waals surface area contributed by atoms with E-state index in [0.717, 1.165) is 4.47 Å². The number of rotatable bonds is 2. The van der Waals surface area contributed by atoms with Crippen molar-refractivity contribution in [2.75, 3.05) is 5.73 Å². The summed E-state index contributed by atoms with van der Waals surface area (Å²) in [5.74, 6) is 1.58. The first-order chi connectivity index (χ1) is 8.08. The van der Waals surface area contributed by atoms with Crippen LogP contribution >= 0.6 is 15.9 Å². The molecule has 17 heavy (non-hydrogen) atoms. The Kier molecular flexibility index (Phi) is 3.33. The lowest BCUT2D eigenvalue weighted by molar-refractivity contribution is 0.766. The third-order valence-electron chi connectivity index (χ3n) is 2.16. The molecule has 0 aliphatic rings. The second-order valence-corrected chi connectivity index (χ2v) is 4.72. The van der Waals surface area contributed by atoms with Crippen molar-refractivity contribution < 1.29 is 0 Å². The minimum atomic E-state index is 0.196. The van der Waals surface area contributed by atoms with Crippen LogP contribution in [0.25, 0.3) is 11.5 Å². The second-order valence-electron chi connectivity index (χ2n) is 3.86. The van der Waals surface area contributed by atoms with Crippen LogP contribution in [-0.2, 0) is 0 Å². The van der Waals surface area contributed by atoms with Crippen molar-refractivity contribution in [2.45, 2.75) is 19.8 Å². The van der Waals surface area contributed by atoms with Gasteiger partial charge in [0, 0.05) is 16.6 Å². The normalized spacial score (nSPS) is 10.8. The number of pyridine rings is 1. The number of aromatic nitrogens is 4. The van der Waals surface area contributed by atoms with E-state index in [4.69, 9.17) is 5.73 Å². The first-order valence-electron chi connectivity index (χ1n) is 5.20. The molecule has 0 saturated heterocycles. The van der Waals surface area contributed by atoms with Gasteiger partial charge in [0.1, 0.15) is 11.5 Å². The number of hydrogen-bond donors (Lipinski definition) is 1. The zero-order valence-corrected chi connectivity index (χ0v) is 11.1. The summed E-state index contributed by atoms with van der Waals surface area (Å²) >= 11 is 3.42. The number of anilines is 1. The van der Waals surface area contributed by atoms with Gasteiger partial charge in [0.2, 0.25) is 5.95 Å². The number of nitrogens with two attached hydrogens (primary N) is 1. The van der Waals surface area contributed by atoms with Crippen molar-refractivity contribution in [3.63, 3.8) is 0 Å². The number of halogens is 1. The third kappa shape index (κ3) is 2.58. The van der Waals surface area contributed by atoms with Crippen LogP contribution in [-0.4, -0.2) is 19.9 Å². The molecule has 2 aromatic heterocycles. The highest BCUT2D eigenvalue weighted by molar-refractivity contribution is 9.10. The Morgan fingerprint density at radius 1 is 1.24 bits per heavy atom. The lowest BCUT2D eigenvalue weighted by atomic mass is 10.2. The molecule has 88 valence electrons. The minimum Gasteiger partial charge on any atom is -0.368 e. The van der Waals surface area contributed by atoms with Gasteiger partial charge in [-0.05, 0) is 28.1 Å². The van der Waals surface area contributed by atoms with Crippen molar-refractivity contribution in [1.29, 1.82) is 0 Å². The van der Waals surface area contributed by atoms with E-state index in [1.165, 1.54) is 0 Å². The molecule has 2 heterocycles. The van der Waals surface area contributed by atoms with Gasteiger partial charge in [-0.3, -0.25) is 4.98 Å². The molecule has 0 atom stereocenters. The van der Waals surface area contributed by atoms with Crippen molar-refractivity contribution in [1.82, 2.24) is 19.9 Å². The van der Waals surface area contributed by atoms with Gasteiger partial charge in [-0.25, -0.2) is 4.98 Å². The average Bonchev–Trinajstić information content (AvgIpc) is 2.28. The summed E-state index contributed by atoms with van der Waals surface area (Å²) in [5.41, 5.74) is 6.35. The maximum Gasteiger partial charge on any atom is 0.223 e. The van der Waals surface area contributed by atoms with Crippen LogP contribution < -0.4 is 5.73 Å². The van der Waals surface area contributed by atoms with Crippen LogP contribution in [0.1, 0.15) is 25.6 Å². The van der Waals surface area contributed by atoms with Crippen molar-refractivity contribution >= 4 is 21.9 Å². The Hall–Kier alpha value is -1.56. The Labute approximate surface area is 108 Å². The van der Waals surface area contributed by atoms with Gasteiger partial charge in [0.15, 0.2) is 5.82 Å². The maximum absolute atomic E-state index is 5.68. The molecule has 6 heteroatoms. The second kappa shape index (κ2) is 4.75. The summed E-state index contributed by atoms with van der Waals surface area (Å²) in [5, 5.41) is 0. The Morgan fingerprint density at radius 3 is 2.65 bits per heavy atom. The van der Waals surface area contributed by atoms with Crippen LogP contribution in [0.3, 0.4) is 0 Å². The Balaban J connectivity index is 2.56. The zero-order valence-electron chi connectivity index (χ0n) is 9.55. The van der Waals surface area contributed by atoms with Crippen molar-refractivity contribution in [3.05, 3.63) is 28.6 Å². The number of hydrogen-bond acceptors (Lipinski definition) is 5. The van der Waals surface area contributed by atoms with Gasteiger partial charge in [-0.15, -0.1) is 0 Å². The Morgan fingerprint density at radius 2 is 2.00 bits per heavy atom. The zero-order chi connectivity index (χ0) is 12.4. The van der Waals surface area contributed by atoms with Gasteiger partial charge >= 0.3 is 0 Å². The fourth-order valence-corrected chi connectivity index (χ4v) is 1.76. The first-order valence-corrected chi connectivity index (χ1v) is 5.99. The molecule has 0 saturated carbocycles. The van der Waals surface area contributed by atoms with E-state index < -0.39 is 0 Å². The molecule has 0 amide bonds. The number of nitrogens with zero attached hydrogens (tertiary/aromatic N) is 4. The molecule has 0 aliphatic heterocycles. The van der Waals surface area contributed by atoms with Crippen LogP contribution in [0.4, 0.5) is 5.95 Å². The maximum atomic E-state index is 5.68. The minimum absolute atomic E-state index is 0.196. The highest BCUT2D eigenvalue weighted by Gasteiger charge is 2.12. The fraction of sp³-hybridized carbons (Fsp3) is 0.273. The summed E-state index contributed by atoms with van der Waals surface area (Å²) in [4.78, 5) is 16.8. The van der Waals surface area contributed by atoms with E-state index in [1.54, 1.807) is 6.20 Å². The third-order valence-corrected chi connectivity index (χ3v) is 2.80. The van der Waals surface area contributed by atoms with Crippen LogP contribution in [0.15, 0.2) is 22.8 Å². The monoisotopic (exact) mass is 293 g/mol. The largest absolute Gasteiger partial charge is 0.368 e. The lowest BCUT2D eigenvalue weighted by Gasteiger charge is -2.07. The first kappa shape index (κ1) is 11.9.